The van der Waals surface area contributed by atoms with Crippen molar-refractivity contribution in [2.24, 2.45) is 17.8 Å². The van der Waals surface area contributed by atoms with Crippen LogP contribution in [0.15, 0.2) is 52.4 Å². The molecule has 4 atom stereocenters. The molecule has 3 aromatic rings. The van der Waals surface area contributed by atoms with Crippen LogP contribution in [0.3, 0.4) is 0 Å². The van der Waals surface area contributed by atoms with Crippen LogP contribution in [0.5, 0.6) is 0 Å². The van der Waals surface area contributed by atoms with Gasteiger partial charge in [0.1, 0.15) is 0 Å². The Hall–Kier alpha value is -2.08. The summed E-state index contributed by atoms with van der Waals surface area (Å²) in [6, 6.07) is 10.4. The standard InChI is InChI=1S/C22H26N4OS/c1-15(19-14-16-7-8-17(19)13-16)26-21(20-6-4-11-27-20)24-25-22(26)28-12-9-18-5-2-3-10-23-18/h2-6,10-11,15-17,19H,7-9,12-14H2,1H3. The Bertz CT molecular complexity index is 908. The summed E-state index contributed by atoms with van der Waals surface area (Å²) in [5.74, 6) is 5.12. The lowest BCUT2D eigenvalue weighted by atomic mass is 9.84. The zero-order valence-corrected chi connectivity index (χ0v) is 17.0. The smallest absolute Gasteiger partial charge is 0.200 e. The van der Waals surface area contributed by atoms with E-state index in [4.69, 9.17) is 4.42 Å². The third kappa shape index (κ3) is 3.39. The SMILES string of the molecule is CC(C1CC2CCC1C2)n1c(SCCc2ccccn2)nnc1-c1ccco1. The number of hydrogen-bond donors (Lipinski definition) is 0. The van der Waals surface area contributed by atoms with Gasteiger partial charge in [0, 0.05) is 23.7 Å². The molecule has 0 radical (unpaired) electrons. The first-order valence-corrected chi connectivity index (χ1v) is 11.3. The van der Waals surface area contributed by atoms with Crippen molar-refractivity contribution in [3.05, 3.63) is 48.5 Å². The topological polar surface area (TPSA) is 56.7 Å². The summed E-state index contributed by atoms with van der Waals surface area (Å²) >= 11 is 1.77. The number of thioether (sulfide) groups is 1. The van der Waals surface area contributed by atoms with Crippen LogP contribution in [0.1, 0.15) is 44.3 Å². The van der Waals surface area contributed by atoms with Crippen molar-refractivity contribution in [1.82, 2.24) is 19.7 Å². The van der Waals surface area contributed by atoms with Gasteiger partial charge in [-0.05, 0) is 74.6 Å². The van der Waals surface area contributed by atoms with Crippen LogP contribution in [-0.4, -0.2) is 25.5 Å². The molecule has 2 aliphatic rings. The van der Waals surface area contributed by atoms with E-state index in [2.05, 4.69) is 32.7 Å². The number of fused-ring (bicyclic) bond motifs is 2. The molecule has 0 aliphatic heterocycles. The van der Waals surface area contributed by atoms with Crippen LogP contribution >= 0.6 is 11.8 Å². The third-order valence-corrected chi connectivity index (χ3v) is 7.49. The lowest BCUT2D eigenvalue weighted by molar-refractivity contribution is 0.235. The van der Waals surface area contributed by atoms with Gasteiger partial charge in [-0.15, -0.1) is 10.2 Å². The third-order valence-electron chi connectivity index (χ3n) is 6.54. The van der Waals surface area contributed by atoms with E-state index in [1.54, 1.807) is 18.0 Å². The molecule has 6 heteroatoms. The molecule has 0 spiro atoms. The summed E-state index contributed by atoms with van der Waals surface area (Å²) in [6.07, 6.45) is 10.1. The molecule has 5 nitrogen and oxygen atoms in total. The maximum Gasteiger partial charge on any atom is 0.200 e. The molecular weight excluding hydrogens is 368 g/mol. The van der Waals surface area contributed by atoms with Crippen LogP contribution in [-0.2, 0) is 6.42 Å². The number of nitrogens with zero attached hydrogens (tertiary/aromatic N) is 4. The van der Waals surface area contributed by atoms with Crippen LogP contribution in [0.4, 0.5) is 0 Å². The van der Waals surface area contributed by atoms with Gasteiger partial charge in [-0.25, -0.2) is 0 Å². The first kappa shape index (κ1) is 18.0. The van der Waals surface area contributed by atoms with E-state index in [0.717, 1.165) is 52.4 Å². The van der Waals surface area contributed by atoms with Gasteiger partial charge in [-0.1, -0.05) is 24.2 Å². The average Bonchev–Trinajstić information content (AvgIpc) is 3.52. The lowest BCUT2D eigenvalue weighted by Gasteiger charge is -2.30. The van der Waals surface area contributed by atoms with E-state index in [1.807, 2.05) is 30.5 Å². The van der Waals surface area contributed by atoms with E-state index in [9.17, 15) is 0 Å². The highest BCUT2D eigenvalue weighted by atomic mass is 32.2. The van der Waals surface area contributed by atoms with Gasteiger partial charge in [-0.3, -0.25) is 9.55 Å². The predicted octanol–water partition coefficient (Wildman–Crippen LogP) is 5.27. The minimum absolute atomic E-state index is 0.391. The second kappa shape index (κ2) is 7.74. The second-order valence-electron chi connectivity index (χ2n) is 8.15. The zero-order valence-electron chi connectivity index (χ0n) is 16.2. The predicted molar refractivity (Wildman–Crippen MR) is 110 cm³/mol. The van der Waals surface area contributed by atoms with Crippen molar-refractivity contribution in [3.63, 3.8) is 0 Å². The normalized spacial score (nSPS) is 24.7. The second-order valence-corrected chi connectivity index (χ2v) is 9.21. The van der Waals surface area contributed by atoms with Gasteiger partial charge < -0.3 is 4.42 Å². The van der Waals surface area contributed by atoms with Gasteiger partial charge >= 0.3 is 0 Å². The van der Waals surface area contributed by atoms with Gasteiger partial charge in [-0.2, -0.15) is 0 Å². The molecule has 146 valence electrons. The first-order valence-electron chi connectivity index (χ1n) is 10.3. The minimum atomic E-state index is 0.391. The van der Waals surface area contributed by atoms with Crippen LogP contribution < -0.4 is 0 Å². The summed E-state index contributed by atoms with van der Waals surface area (Å²) in [6.45, 7) is 2.35. The van der Waals surface area contributed by atoms with Crippen molar-refractivity contribution in [1.29, 1.82) is 0 Å². The fraction of sp³-hybridized carbons (Fsp3) is 0.500. The zero-order chi connectivity index (χ0) is 18.9. The molecule has 3 aromatic heterocycles. The highest BCUT2D eigenvalue weighted by molar-refractivity contribution is 7.99. The number of furan rings is 1. The Morgan fingerprint density at radius 1 is 1.18 bits per heavy atom. The van der Waals surface area contributed by atoms with E-state index >= 15 is 0 Å². The van der Waals surface area contributed by atoms with Gasteiger partial charge in [0.2, 0.25) is 5.82 Å². The molecule has 0 aromatic carbocycles. The highest BCUT2D eigenvalue weighted by Gasteiger charge is 2.43. The maximum absolute atomic E-state index is 5.68. The lowest BCUT2D eigenvalue weighted by Crippen LogP contribution is -2.23. The minimum Gasteiger partial charge on any atom is -0.461 e. The molecule has 5 rings (SSSR count). The van der Waals surface area contributed by atoms with Gasteiger partial charge in [0.15, 0.2) is 10.9 Å². The van der Waals surface area contributed by atoms with Crippen molar-refractivity contribution >= 4 is 11.8 Å². The molecule has 0 amide bonds. The Balaban J connectivity index is 1.39. The van der Waals surface area contributed by atoms with Gasteiger partial charge in [0.25, 0.3) is 0 Å². The summed E-state index contributed by atoms with van der Waals surface area (Å²) in [7, 11) is 0. The van der Waals surface area contributed by atoms with E-state index in [1.165, 1.54) is 25.7 Å². The quantitative estimate of drug-likeness (QED) is 0.511. The van der Waals surface area contributed by atoms with E-state index < -0.39 is 0 Å². The molecule has 2 bridgehead atoms. The molecule has 0 saturated heterocycles. The Morgan fingerprint density at radius 2 is 2.14 bits per heavy atom. The number of aromatic nitrogens is 4. The fourth-order valence-corrected chi connectivity index (χ4v) is 6.17. The largest absolute Gasteiger partial charge is 0.461 e. The summed E-state index contributed by atoms with van der Waals surface area (Å²) in [5, 5.41) is 10.1. The van der Waals surface area contributed by atoms with Crippen molar-refractivity contribution in [2.75, 3.05) is 5.75 Å². The van der Waals surface area contributed by atoms with E-state index in [0.29, 0.717) is 6.04 Å². The molecule has 4 unspecified atom stereocenters. The maximum atomic E-state index is 5.68. The average molecular weight is 395 g/mol. The Morgan fingerprint density at radius 3 is 2.86 bits per heavy atom. The molecule has 3 heterocycles. The first-order chi connectivity index (χ1) is 13.8. The van der Waals surface area contributed by atoms with Crippen molar-refractivity contribution in [3.8, 4) is 11.6 Å². The number of pyridine rings is 1. The summed E-state index contributed by atoms with van der Waals surface area (Å²) in [5.41, 5.74) is 1.12. The number of hydrogen-bond acceptors (Lipinski definition) is 5. The molecular formula is C22H26N4OS. The summed E-state index contributed by atoms with van der Waals surface area (Å²) in [4.78, 5) is 4.43. The Labute approximate surface area is 170 Å². The number of rotatable bonds is 7. The molecule has 2 saturated carbocycles. The van der Waals surface area contributed by atoms with Gasteiger partial charge in [0.05, 0.1) is 6.26 Å². The van der Waals surface area contributed by atoms with Crippen LogP contribution in [0.2, 0.25) is 0 Å². The van der Waals surface area contributed by atoms with Crippen LogP contribution in [0, 0.1) is 17.8 Å². The molecule has 2 fully saturated rings. The van der Waals surface area contributed by atoms with Crippen molar-refractivity contribution in [2.45, 2.75) is 50.2 Å². The molecule has 2 aliphatic carbocycles. The Kier molecular flexibility index (Phi) is 4.97. The monoisotopic (exact) mass is 394 g/mol. The van der Waals surface area contributed by atoms with Crippen LogP contribution in [0.25, 0.3) is 11.6 Å². The molecule has 28 heavy (non-hydrogen) atoms. The number of aryl methyl sites for hydroxylation is 1. The molecule has 0 N–H and O–H groups in total. The van der Waals surface area contributed by atoms with Crippen molar-refractivity contribution < 1.29 is 4.42 Å². The van der Waals surface area contributed by atoms with E-state index in [-0.39, 0.29) is 0 Å². The summed E-state index contributed by atoms with van der Waals surface area (Å²) < 4.78 is 8.02. The highest BCUT2D eigenvalue weighted by Crippen LogP contribution is 2.52. The fourth-order valence-electron chi connectivity index (χ4n) is 5.19.